The van der Waals surface area contributed by atoms with Gasteiger partial charge in [0.15, 0.2) is 11.1 Å². The van der Waals surface area contributed by atoms with Gasteiger partial charge in [-0.1, -0.05) is 74.6 Å². The van der Waals surface area contributed by atoms with Gasteiger partial charge in [0.1, 0.15) is 13.2 Å². The molecule has 3 aliphatic rings. The molecule has 3 amide bonds. The van der Waals surface area contributed by atoms with Gasteiger partial charge < -0.3 is 24.7 Å². The van der Waals surface area contributed by atoms with Gasteiger partial charge in [-0.3, -0.25) is 14.4 Å². The second-order valence-corrected chi connectivity index (χ2v) is 16.8. The van der Waals surface area contributed by atoms with Crippen LogP contribution in [0.15, 0.2) is 83.8 Å². The van der Waals surface area contributed by atoms with Gasteiger partial charge in [-0.05, 0) is 99.7 Å². The Hall–Kier alpha value is -4.83. The molecular formula is C40H45F2I2N5O12S2. The number of benzene rings is 4. The smallest absolute Gasteiger partial charge is 0.142 e. The zero-order chi connectivity index (χ0) is 46.8. The fraction of sp³-hybridized carbons (Fsp3) is 0.300. The molecule has 0 aromatic heterocycles. The van der Waals surface area contributed by atoms with Crippen molar-refractivity contribution in [1.82, 2.24) is 10.6 Å². The summed E-state index contributed by atoms with van der Waals surface area (Å²) in [6.07, 6.45) is -2.25. The topological polar surface area (TPSA) is 250 Å². The number of nitrogens with zero attached hydrogens (tertiary/aromatic N) is 1. The first kappa shape index (κ1) is 52.5. The molecule has 17 nitrogen and oxygen atoms in total. The van der Waals surface area contributed by atoms with Crippen LogP contribution in [-0.2, 0) is 45.6 Å². The molecule has 4 aromatic rings. The molecule has 1 heterocycles. The maximum Gasteiger partial charge on any atom is 0.425 e. The number of nitrogens with one attached hydrogen (secondary N) is 3. The van der Waals surface area contributed by atoms with Crippen molar-refractivity contribution in [2.75, 3.05) is 46.8 Å². The molecule has 3 unspecified atom stereocenters. The Morgan fingerprint density at radius 2 is 1.21 bits per heavy atom. The van der Waals surface area contributed by atoms with Crippen LogP contribution in [0.1, 0.15) is 60.8 Å². The Balaban J connectivity index is 0.000000287. The van der Waals surface area contributed by atoms with Crippen molar-refractivity contribution < 1.29 is 62.2 Å². The quantitative estimate of drug-likeness (QED) is 0.0254. The van der Waals surface area contributed by atoms with E-state index in [1.807, 2.05) is 61.2 Å². The summed E-state index contributed by atoms with van der Waals surface area (Å²) in [5.41, 5.74) is 10.8. The first-order valence-corrected chi connectivity index (χ1v) is 27.1. The molecule has 0 saturated carbocycles. The zero-order valence-corrected chi connectivity index (χ0v) is 40.1. The molecule has 7 rings (SSSR count). The van der Waals surface area contributed by atoms with Crippen molar-refractivity contribution in [3.8, 4) is 22.3 Å². The van der Waals surface area contributed by atoms with Crippen molar-refractivity contribution in [3.63, 3.8) is 0 Å². The Bertz CT molecular complexity index is 2380. The third kappa shape index (κ3) is 14.9. The third-order valence-electron chi connectivity index (χ3n) is 9.13. The fourth-order valence-electron chi connectivity index (χ4n) is 6.84. The van der Waals surface area contributed by atoms with Crippen LogP contribution in [0.5, 0.6) is 0 Å². The molecule has 0 radical (unpaired) electrons. The Kier molecular flexibility index (Phi) is 21.7. The standard InChI is InChI=1S/C21H20N2O7S.C17H17FN2O2.CH5FIN.CH3I.O3S/c1-2-22-12-3-5-14-15-6-4-13(31(27)28)10-17(15)18(16(14)9-12)11-29-21(26)30-23-19(24)7-8-20(23)25;1-2-19-11-7-8-14-12-5-3-4-6-13(12)16(15(14)9-11)10-22-17(21)20-18;1-3(2)4;1-2;1-4(2)3/h3-6,9-10,18,22H,2,7-8,11H2,1H3,(H,27,28);3-9,16,19H,2,10H2,1H3,(H,20,21);4H2,1H3;1H3;. The number of carbonyl (C=O) groups is 4. The second-order valence-electron chi connectivity index (χ2n) is 12.9. The normalized spacial score (nSPS) is 15.2. The summed E-state index contributed by atoms with van der Waals surface area (Å²) in [6.45, 7) is 5.54. The fourth-order valence-corrected chi connectivity index (χ4v) is 7.25. The molecule has 342 valence electrons. The number of hydrogen-bond acceptors (Lipinski definition) is 14. The molecule has 0 spiro atoms. The maximum atomic E-state index is 12.1. The molecule has 1 saturated heterocycles. The molecule has 3 atom stereocenters. The minimum absolute atomic E-state index is 0.0101. The number of nitrogens with two attached hydrogens (primary N) is 1. The number of hydrogen-bond donors (Lipinski definition) is 5. The van der Waals surface area contributed by atoms with Crippen molar-refractivity contribution in [2.45, 2.75) is 43.4 Å². The van der Waals surface area contributed by atoms with E-state index in [0.717, 1.165) is 74.5 Å². The van der Waals surface area contributed by atoms with Crippen LogP contribution < -0.4 is 20.1 Å². The molecule has 4 aromatic carbocycles. The van der Waals surface area contributed by atoms with Crippen LogP contribution >= 0.6 is 43.3 Å². The van der Waals surface area contributed by atoms with Gasteiger partial charge >= 0.3 is 55.3 Å². The van der Waals surface area contributed by atoms with Gasteiger partial charge in [0.2, 0.25) is 0 Å². The Labute approximate surface area is 388 Å². The van der Waals surface area contributed by atoms with Gasteiger partial charge in [0.25, 0.3) is 11.8 Å². The van der Waals surface area contributed by atoms with E-state index in [1.54, 1.807) is 18.2 Å². The molecule has 0 bridgehead atoms. The summed E-state index contributed by atoms with van der Waals surface area (Å²) in [6, 6.07) is 25.0. The summed E-state index contributed by atoms with van der Waals surface area (Å²) in [5, 5.41) is 6.94. The van der Waals surface area contributed by atoms with Gasteiger partial charge in [0.05, 0.1) is 4.90 Å². The summed E-state index contributed by atoms with van der Waals surface area (Å²) in [7, 11) is -3.11. The average molecular weight is 1140 g/mol. The van der Waals surface area contributed by atoms with Crippen LogP contribution in [0, 0.1) is 0 Å². The Morgan fingerprint density at radius 3 is 1.68 bits per heavy atom. The van der Waals surface area contributed by atoms with Gasteiger partial charge in [0, 0.05) is 49.1 Å². The number of fused-ring (bicyclic) bond motifs is 6. The molecule has 63 heavy (non-hydrogen) atoms. The molecule has 23 heteroatoms. The van der Waals surface area contributed by atoms with Gasteiger partial charge in [-0.2, -0.15) is 5.54 Å². The predicted molar refractivity (Wildman–Crippen MR) is 249 cm³/mol. The van der Waals surface area contributed by atoms with Crippen molar-refractivity contribution >= 4 is 100 Å². The largest absolute Gasteiger partial charge is 0.425 e. The number of imide groups is 1. The molecular weight excluding hydrogens is 1100 g/mol. The number of anilines is 2. The first-order chi connectivity index (χ1) is 30.1. The van der Waals surface area contributed by atoms with E-state index >= 15 is 0 Å². The summed E-state index contributed by atoms with van der Waals surface area (Å²) in [4.78, 5) is 54.8. The number of halogens is 4. The van der Waals surface area contributed by atoms with E-state index in [1.165, 1.54) is 4.93 Å². The number of hydroxylamine groups is 2. The monoisotopic (exact) mass is 1140 g/mol. The summed E-state index contributed by atoms with van der Waals surface area (Å²) < 4.78 is 84.2. The van der Waals surface area contributed by atoms with Crippen LogP contribution in [0.3, 0.4) is 0 Å². The van der Waals surface area contributed by atoms with Crippen LogP contribution in [0.25, 0.3) is 22.3 Å². The molecule has 6 N–H and O–H groups in total. The number of ether oxygens (including phenoxy) is 2. The summed E-state index contributed by atoms with van der Waals surface area (Å²) >= 11 is -2.27. The van der Waals surface area contributed by atoms with Gasteiger partial charge in [-0.15, -0.1) is 12.6 Å². The van der Waals surface area contributed by atoms with Gasteiger partial charge in [-0.25, -0.2) is 13.8 Å². The third-order valence-corrected chi connectivity index (χ3v) is 9.79. The average Bonchev–Trinajstić information content (AvgIpc) is 3.86. The van der Waals surface area contributed by atoms with Crippen LogP contribution in [-0.4, -0.2) is 86.7 Å². The molecule has 1 aliphatic heterocycles. The van der Waals surface area contributed by atoms with Crippen molar-refractivity contribution in [3.05, 3.63) is 101 Å². The van der Waals surface area contributed by atoms with E-state index in [2.05, 4.69) is 55.4 Å². The second kappa shape index (κ2) is 26.1. The zero-order valence-electron chi connectivity index (χ0n) is 34.2. The minimum Gasteiger partial charge on any atom is -0.142 e. The molecule has 1 fully saturated rings. The predicted octanol–water partition coefficient (Wildman–Crippen LogP) is 7.80. The number of alkyl halides is 2. The van der Waals surface area contributed by atoms with Crippen LogP contribution in [0.2, 0.25) is 0 Å². The van der Waals surface area contributed by atoms with E-state index in [-0.39, 0.29) is 36.9 Å². The molecule has 2 aliphatic carbocycles. The minimum atomic E-state index is -3.11. The number of amides is 3. The van der Waals surface area contributed by atoms with Crippen molar-refractivity contribution in [2.24, 2.45) is 3.95 Å². The number of rotatable bonds is 10. The van der Waals surface area contributed by atoms with Crippen molar-refractivity contribution in [1.29, 1.82) is 0 Å². The Morgan fingerprint density at radius 1 is 0.778 bits per heavy atom. The van der Waals surface area contributed by atoms with E-state index in [9.17, 15) is 35.3 Å². The van der Waals surface area contributed by atoms with E-state index in [0.29, 0.717) is 5.06 Å². The maximum absolute atomic E-state index is 12.1. The van der Waals surface area contributed by atoms with Crippen LogP contribution in [0.4, 0.5) is 28.3 Å². The summed E-state index contributed by atoms with van der Waals surface area (Å²) in [5.74, 6) is -1.68. The van der Waals surface area contributed by atoms with E-state index < -0.39 is 72.3 Å². The first-order valence-electron chi connectivity index (χ1n) is 18.6. The van der Waals surface area contributed by atoms with E-state index in [4.69, 9.17) is 26.9 Å². The SMILES string of the molecule is CCNc1ccc2c(c1)C(COC(=O)NF)c1ccccc1-2.CCNc1ccc2c(c1)C(COC(=O)ON1C(=O)CCC1=O)c1cc(S(=O)O)ccc1-2.CI.CI(N)F.O=S(=O)=O. The number of carbonyl (C=O) groups excluding carboxylic acids is 4.